The fourth-order valence-corrected chi connectivity index (χ4v) is 1.91. The van der Waals surface area contributed by atoms with Crippen LogP contribution in [0, 0.1) is 17.2 Å². The van der Waals surface area contributed by atoms with Crippen LogP contribution in [-0.2, 0) is 0 Å². The van der Waals surface area contributed by atoms with Gasteiger partial charge in [0, 0.05) is 12.1 Å². The van der Waals surface area contributed by atoms with Crippen LogP contribution in [0.25, 0.3) is 0 Å². The average molecular weight is 195 g/mol. The predicted octanol–water partition coefficient (Wildman–Crippen LogP) is 1.22. The molecule has 80 valence electrons. The van der Waals surface area contributed by atoms with Gasteiger partial charge in [0.15, 0.2) is 0 Å². The average Bonchev–Trinajstić information content (AvgIpc) is 2.21. The van der Waals surface area contributed by atoms with Gasteiger partial charge < -0.3 is 10.2 Å². The van der Waals surface area contributed by atoms with E-state index in [1.807, 2.05) is 14.0 Å². The molecule has 3 heteroatoms. The Labute approximate surface area is 87.1 Å². The molecule has 1 N–H and O–H groups in total. The van der Waals surface area contributed by atoms with Crippen LogP contribution >= 0.6 is 0 Å². The Kier molecular flexibility index (Phi) is 3.91. The molecule has 1 fully saturated rings. The molecule has 14 heavy (non-hydrogen) atoms. The smallest absolute Gasteiger partial charge is 0.0666 e. The van der Waals surface area contributed by atoms with Gasteiger partial charge in [0.25, 0.3) is 0 Å². The van der Waals surface area contributed by atoms with Gasteiger partial charge in [0.1, 0.15) is 0 Å². The molecule has 0 aromatic rings. The molecule has 0 amide bonds. The molecule has 0 aromatic heterocycles. The molecular weight excluding hydrogens is 174 g/mol. The topological polar surface area (TPSA) is 39.1 Å². The van der Waals surface area contributed by atoms with E-state index < -0.39 is 0 Å². The molecule has 1 atom stereocenters. The first-order chi connectivity index (χ1) is 6.59. The zero-order valence-electron chi connectivity index (χ0n) is 9.51. The molecule has 1 unspecified atom stereocenters. The summed E-state index contributed by atoms with van der Waals surface area (Å²) in [7, 11) is 2.04. The zero-order valence-corrected chi connectivity index (χ0v) is 9.51. The standard InChI is InChI=1S/C11H21N3/c1-10(8-12)9-14-6-4-11(2,13-3)5-7-14/h10,13H,4-7,9H2,1-3H3. The van der Waals surface area contributed by atoms with Gasteiger partial charge in [-0.05, 0) is 46.8 Å². The minimum Gasteiger partial charge on any atom is -0.314 e. The van der Waals surface area contributed by atoms with Crippen molar-refractivity contribution >= 4 is 0 Å². The van der Waals surface area contributed by atoms with Crippen LogP contribution in [0.2, 0.25) is 0 Å². The summed E-state index contributed by atoms with van der Waals surface area (Å²) < 4.78 is 0. The number of piperidine rings is 1. The van der Waals surface area contributed by atoms with Crippen LogP contribution in [0.1, 0.15) is 26.7 Å². The molecule has 0 bridgehead atoms. The van der Waals surface area contributed by atoms with Crippen molar-refractivity contribution < 1.29 is 0 Å². The van der Waals surface area contributed by atoms with Gasteiger partial charge in [-0.25, -0.2) is 0 Å². The Morgan fingerprint density at radius 3 is 2.50 bits per heavy atom. The number of nitrogens with zero attached hydrogens (tertiary/aromatic N) is 2. The number of nitriles is 1. The minimum atomic E-state index is 0.161. The van der Waals surface area contributed by atoms with Crippen molar-refractivity contribution in [2.24, 2.45) is 5.92 Å². The van der Waals surface area contributed by atoms with E-state index in [1.54, 1.807) is 0 Å². The summed E-state index contributed by atoms with van der Waals surface area (Å²) in [5.74, 6) is 0.161. The molecule has 0 aliphatic carbocycles. The first-order valence-electron chi connectivity index (χ1n) is 5.40. The lowest BCUT2D eigenvalue weighted by Gasteiger charge is -2.39. The molecule has 1 aliphatic rings. The van der Waals surface area contributed by atoms with Crippen LogP contribution < -0.4 is 5.32 Å². The highest BCUT2D eigenvalue weighted by Gasteiger charge is 2.28. The molecule has 1 aliphatic heterocycles. The molecule has 0 radical (unpaired) electrons. The second-order valence-electron chi connectivity index (χ2n) is 4.64. The van der Waals surface area contributed by atoms with E-state index in [4.69, 9.17) is 5.26 Å². The molecular formula is C11H21N3. The maximum atomic E-state index is 8.73. The third-order valence-electron chi connectivity index (χ3n) is 3.32. The second kappa shape index (κ2) is 4.77. The second-order valence-corrected chi connectivity index (χ2v) is 4.64. The maximum Gasteiger partial charge on any atom is 0.0666 e. The van der Waals surface area contributed by atoms with Gasteiger partial charge in [-0.15, -0.1) is 0 Å². The number of hydrogen-bond acceptors (Lipinski definition) is 3. The molecule has 0 aromatic carbocycles. The summed E-state index contributed by atoms with van der Waals surface area (Å²) in [5.41, 5.74) is 0.312. The van der Waals surface area contributed by atoms with Gasteiger partial charge in [-0.2, -0.15) is 5.26 Å². The lowest BCUT2D eigenvalue weighted by Crippen LogP contribution is -2.50. The van der Waals surface area contributed by atoms with E-state index in [-0.39, 0.29) is 5.92 Å². The van der Waals surface area contributed by atoms with Crippen molar-refractivity contribution in [3.63, 3.8) is 0 Å². The molecule has 3 nitrogen and oxygen atoms in total. The lowest BCUT2D eigenvalue weighted by atomic mass is 9.89. The minimum absolute atomic E-state index is 0.161. The SMILES string of the molecule is CNC1(C)CCN(CC(C)C#N)CC1. The first kappa shape index (κ1) is 11.5. The van der Waals surface area contributed by atoms with Crippen molar-refractivity contribution in [1.29, 1.82) is 5.26 Å². The number of rotatable bonds is 3. The number of likely N-dealkylation sites (tertiary alicyclic amines) is 1. The Morgan fingerprint density at radius 2 is 2.07 bits per heavy atom. The van der Waals surface area contributed by atoms with Crippen LogP contribution in [-0.4, -0.2) is 37.1 Å². The van der Waals surface area contributed by atoms with Crippen molar-refractivity contribution in [2.75, 3.05) is 26.7 Å². The Morgan fingerprint density at radius 1 is 1.50 bits per heavy atom. The van der Waals surface area contributed by atoms with Crippen molar-refractivity contribution in [1.82, 2.24) is 10.2 Å². The molecule has 1 saturated heterocycles. The Hall–Kier alpha value is -0.590. The highest BCUT2D eigenvalue weighted by molar-refractivity contribution is 4.90. The van der Waals surface area contributed by atoms with Gasteiger partial charge in [0.2, 0.25) is 0 Å². The fourth-order valence-electron chi connectivity index (χ4n) is 1.91. The quantitative estimate of drug-likeness (QED) is 0.736. The monoisotopic (exact) mass is 195 g/mol. The third kappa shape index (κ3) is 2.97. The molecule has 1 heterocycles. The lowest BCUT2D eigenvalue weighted by molar-refractivity contribution is 0.144. The van der Waals surface area contributed by atoms with Gasteiger partial charge >= 0.3 is 0 Å². The highest BCUT2D eigenvalue weighted by Crippen LogP contribution is 2.21. The van der Waals surface area contributed by atoms with E-state index in [0.29, 0.717) is 5.54 Å². The van der Waals surface area contributed by atoms with Gasteiger partial charge in [-0.3, -0.25) is 0 Å². The van der Waals surface area contributed by atoms with Crippen molar-refractivity contribution in [3.8, 4) is 6.07 Å². The Bertz CT molecular complexity index is 211. The van der Waals surface area contributed by atoms with E-state index in [9.17, 15) is 0 Å². The van der Waals surface area contributed by atoms with E-state index in [1.165, 1.54) is 12.8 Å². The van der Waals surface area contributed by atoms with Crippen LogP contribution in [0.15, 0.2) is 0 Å². The zero-order chi connectivity index (χ0) is 10.6. The molecule has 0 saturated carbocycles. The maximum absolute atomic E-state index is 8.73. The summed E-state index contributed by atoms with van der Waals surface area (Å²) in [6.45, 7) is 7.42. The molecule has 1 rings (SSSR count). The van der Waals surface area contributed by atoms with Crippen LogP contribution in [0.3, 0.4) is 0 Å². The number of hydrogen-bond donors (Lipinski definition) is 1. The van der Waals surface area contributed by atoms with Crippen molar-refractivity contribution in [2.45, 2.75) is 32.2 Å². The number of nitrogens with one attached hydrogen (secondary N) is 1. The largest absolute Gasteiger partial charge is 0.314 e. The van der Waals surface area contributed by atoms with E-state index in [2.05, 4.69) is 23.2 Å². The normalized spacial score (nSPS) is 24.1. The Balaban J connectivity index is 2.33. The van der Waals surface area contributed by atoms with Crippen molar-refractivity contribution in [3.05, 3.63) is 0 Å². The summed E-state index contributed by atoms with van der Waals surface area (Å²) in [4.78, 5) is 2.40. The van der Waals surface area contributed by atoms with Gasteiger partial charge in [-0.1, -0.05) is 0 Å². The fraction of sp³-hybridized carbons (Fsp3) is 0.909. The molecule has 0 spiro atoms. The third-order valence-corrected chi connectivity index (χ3v) is 3.32. The van der Waals surface area contributed by atoms with Crippen LogP contribution in [0.4, 0.5) is 0 Å². The van der Waals surface area contributed by atoms with Gasteiger partial charge in [0.05, 0.1) is 12.0 Å². The highest BCUT2D eigenvalue weighted by atomic mass is 15.1. The predicted molar refractivity (Wildman–Crippen MR) is 57.9 cm³/mol. The summed E-state index contributed by atoms with van der Waals surface area (Å²) in [5, 5.41) is 12.1. The summed E-state index contributed by atoms with van der Waals surface area (Å²) in [6, 6.07) is 2.29. The summed E-state index contributed by atoms with van der Waals surface area (Å²) in [6.07, 6.45) is 2.36. The first-order valence-corrected chi connectivity index (χ1v) is 5.40. The van der Waals surface area contributed by atoms with Crippen LogP contribution in [0.5, 0.6) is 0 Å². The van der Waals surface area contributed by atoms with E-state index >= 15 is 0 Å². The van der Waals surface area contributed by atoms with E-state index in [0.717, 1.165) is 19.6 Å². The summed E-state index contributed by atoms with van der Waals surface area (Å²) >= 11 is 0.